The van der Waals surface area contributed by atoms with E-state index in [-0.39, 0.29) is 31.0 Å². The van der Waals surface area contributed by atoms with Gasteiger partial charge < -0.3 is 9.47 Å². The van der Waals surface area contributed by atoms with Gasteiger partial charge in [-0.2, -0.15) is 0 Å². The number of ether oxygens (including phenoxy) is 2. The minimum atomic E-state index is -0.397. The first-order chi connectivity index (χ1) is 12.4. The van der Waals surface area contributed by atoms with Gasteiger partial charge in [-0.1, -0.05) is 30.3 Å². The van der Waals surface area contributed by atoms with E-state index >= 15 is 0 Å². The quantitative estimate of drug-likeness (QED) is 0.507. The summed E-state index contributed by atoms with van der Waals surface area (Å²) in [7, 11) is 1.54. The van der Waals surface area contributed by atoms with Crippen LogP contribution in [0.2, 0.25) is 0 Å². The van der Waals surface area contributed by atoms with Gasteiger partial charge in [0.25, 0.3) is 0 Å². The zero-order chi connectivity index (χ0) is 19.1. The fraction of sp³-hybridized carbons (Fsp3) is 0.286. The minimum absolute atomic E-state index is 0.235. The van der Waals surface area contributed by atoms with Crippen LogP contribution in [0.1, 0.15) is 41.3 Å². The summed E-state index contributed by atoms with van der Waals surface area (Å²) in [5.41, 5.74) is 1.96. The number of benzene rings is 2. The lowest BCUT2D eigenvalue weighted by atomic mass is 9.98. The van der Waals surface area contributed by atoms with Gasteiger partial charge in [-0.15, -0.1) is 0 Å². The number of hydrogen-bond donors (Lipinski definition) is 0. The fourth-order valence-electron chi connectivity index (χ4n) is 2.65. The van der Waals surface area contributed by atoms with E-state index in [1.165, 1.54) is 14.0 Å². The summed E-state index contributed by atoms with van der Waals surface area (Å²) in [6.45, 7) is 3.38. The molecule has 0 aromatic heterocycles. The topological polar surface area (TPSA) is 69.7 Å². The van der Waals surface area contributed by atoms with E-state index in [0.717, 1.165) is 5.56 Å². The van der Waals surface area contributed by atoms with Gasteiger partial charge in [-0.05, 0) is 31.0 Å². The predicted octanol–water partition coefficient (Wildman–Crippen LogP) is 3.70. The zero-order valence-electron chi connectivity index (χ0n) is 15.2. The summed E-state index contributed by atoms with van der Waals surface area (Å²) < 4.78 is 11.1. The Bertz CT molecular complexity index is 809. The van der Waals surface area contributed by atoms with Crippen LogP contribution in [-0.2, 0) is 16.2 Å². The largest absolute Gasteiger partial charge is 0.497 e. The van der Waals surface area contributed by atoms with E-state index in [0.29, 0.717) is 22.6 Å². The standard InChI is InChI=1S/C21H22O5/c1-14-9-18(25-3)12-20(26-13-16-7-5-4-6-8-16)21(14)19(24)11-17(23)10-15(2)22/h4-9,12H,10-11,13H2,1-3H3. The Kier molecular flexibility index (Phi) is 6.67. The summed E-state index contributed by atoms with van der Waals surface area (Å²) in [5.74, 6) is -0.0792. The van der Waals surface area contributed by atoms with E-state index in [4.69, 9.17) is 9.47 Å². The second-order valence-electron chi connectivity index (χ2n) is 6.11. The summed E-state index contributed by atoms with van der Waals surface area (Å²) in [6.07, 6.45) is -0.560. The SMILES string of the molecule is COc1cc(C)c(C(=O)CC(=O)CC(C)=O)c(OCc2ccccc2)c1. The molecular formula is C21H22O5. The van der Waals surface area contributed by atoms with Crippen molar-refractivity contribution in [1.82, 2.24) is 0 Å². The van der Waals surface area contributed by atoms with Crippen LogP contribution >= 0.6 is 0 Å². The molecule has 0 heterocycles. The Morgan fingerprint density at radius 1 is 1.00 bits per heavy atom. The van der Waals surface area contributed by atoms with Crippen molar-refractivity contribution >= 4 is 17.3 Å². The Morgan fingerprint density at radius 2 is 1.69 bits per heavy atom. The molecule has 0 aliphatic rings. The number of carbonyl (C=O) groups is 3. The maximum Gasteiger partial charge on any atom is 0.174 e. The van der Waals surface area contributed by atoms with Gasteiger partial charge in [0.2, 0.25) is 0 Å². The molecule has 0 unspecified atom stereocenters. The van der Waals surface area contributed by atoms with Crippen LogP contribution in [0.5, 0.6) is 11.5 Å². The molecule has 0 bridgehead atoms. The monoisotopic (exact) mass is 354 g/mol. The van der Waals surface area contributed by atoms with E-state index in [1.54, 1.807) is 19.1 Å². The van der Waals surface area contributed by atoms with Crippen molar-refractivity contribution in [2.45, 2.75) is 33.3 Å². The molecule has 0 fully saturated rings. The van der Waals surface area contributed by atoms with Gasteiger partial charge >= 0.3 is 0 Å². The number of rotatable bonds is 9. The van der Waals surface area contributed by atoms with E-state index in [2.05, 4.69) is 0 Å². The molecule has 0 aliphatic carbocycles. The Morgan fingerprint density at radius 3 is 2.31 bits per heavy atom. The molecule has 5 heteroatoms. The second kappa shape index (κ2) is 8.94. The molecule has 0 saturated heterocycles. The fourth-order valence-corrected chi connectivity index (χ4v) is 2.65. The molecule has 0 amide bonds. The summed E-state index contributed by atoms with van der Waals surface area (Å²) >= 11 is 0. The van der Waals surface area contributed by atoms with Crippen molar-refractivity contribution in [3.8, 4) is 11.5 Å². The van der Waals surface area contributed by atoms with Crippen molar-refractivity contribution in [2.24, 2.45) is 0 Å². The summed E-state index contributed by atoms with van der Waals surface area (Å²) in [4.78, 5) is 35.6. The highest BCUT2D eigenvalue weighted by molar-refractivity contribution is 6.13. The molecule has 0 N–H and O–H groups in total. The normalized spacial score (nSPS) is 10.3. The van der Waals surface area contributed by atoms with E-state index < -0.39 is 5.78 Å². The van der Waals surface area contributed by atoms with Crippen molar-refractivity contribution in [2.75, 3.05) is 7.11 Å². The maximum absolute atomic E-state index is 12.6. The molecule has 0 radical (unpaired) electrons. The molecule has 2 rings (SSSR count). The number of Topliss-reactive ketones (excluding diaryl/α,β-unsaturated/α-hetero) is 3. The number of hydrogen-bond acceptors (Lipinski definition) is 5. The molecule has 0 aliphatic heterocycles. The average Bonchev–Trinajstić information content (AvgIpc) is 2.59. The van der Waals surface area contributed by atoms with Gasteiger partial charge in [-0.25, -0.2) is 0 Å². The van der Waals surface area contributed by atoms with Crippen LogP contribution in [-0.4, -0.2) is 24.5 Å². The van der Waals surface area contributed by atoms with E-state index in [1.807, 2.05) is 30.3 Å². The van der Waals surface area contributed by atoms with Crippen LogP contribution in [0.25, 0.3) is 0 Å². The first kappa shape index (κ1) is 19.4. The molecule has 136 valence electrons. The van der Waals surface area contributed by atoms with Gasteiger partial charge in [0.15, 0.2) is 5.78 Å². The highest BCUT2D eigenvalue weighted by atomic mass is 16.5. The minimum Gasteiger partial charge on any atom is -0.497 e. The number of methoxy groups -OCH3 is 1. The third-order valence-electron chi connectivity index (χ3n) is 3.83. The van der Waals surface area contributed by atoms with Crippen molar-refractivity contribution < 1.29 is 23.9 Å². The van der Waals surface area contributed by atoms with Crippen molar-refractivity contribution in [3.05, 3.63) is 59.2 Å². The molecule has 2 aromatic rings. The predicted molar refractivity (Wildman–Crippen MR) is 97.8 cm³/mol. The lowest BCUT2D eigenvalue weighted by Gasteiger charge is -2.15. The number of aryl methyl sites for hydroxylation is 1. The van der Waals surface area contributed by atoms with Crippen LogP contribution in [0.3, 0.4) is 0 Å². The van der Waals surface area contributed by atoms with E-state index in [9.17, 15) is 14.4 Å². The van der Waals surface area contributed by atoms with Gasteiger partial charge in [0.1, 0.15) is 29.7 Å². The molecule has 0 saturated carbocycles. The second-order valence-corrected chi connectivity index (χ2v) is 6.11. The van der Waals surface area contributed by atoms with Gasteiger partial charge in [-0.3, -0.25) is 14.4 Å². The van der Waals surface area contributed by atoms with Crippen LogP contribution in [0.15, 0.2) is 42.5 Å². The smallest absolute Gasteiger partial charge is 0.174 e. The third kappa shape index (κ3) is 5.28. The van der Waals surface area contributed by atoms with Gasteiger partial charge in [0, 0.05) is 6.07 Å². The number of ketones is 3. The van der Waals surface area contributed by atoms with Crippen LogP contribution in [0.4, 0.5) is 0 Å². The first-order valence-electron chi connectivity index (χ1n) is 8.30. The highest BCUT2D eigenvalue weighted by Crippen LogP contribution is 2.30. The average molecular weight is 354 g/mol. The van der Waals surface area contributed by atoms with Gasteiger partial charge in [0.05, 0.1) is 25.5 Å². The summed E-state index contributed by atoms with van der Waals surface area (Å²) in [5, 5.41) is 0. The Hall–Kier alpha value is -2.95. The third-order valence-corrected chi connectivity index (χ3v) is 3.83. The lowest BCUT2D eigenvalue weighted by molar-refractivity contribution is -0.125. The summed E-state index contributed by atoms with van der Waals surface area (Å²) in [6, 6.07) is 12.9. The van der Waals surface area contributed by atoms with Crippen LogP contribution in [0, 0.1) is 6.92 Å². The van der Waals surface area contributed by atoms with Crippen molar-refractivity contribution in [3.63, 3.8) is 0 Å². The maximum atomic E-state index is 12.6. The molecule has 0 spiro atoms. The zero-order valence-corrected chi connectivity index (χ0v) is 15.2. The van der Waals surface area contributed by atoms with Crippen molar-refractivity contribution in [1.29, 1.82) is 0 Å². The molecule has 26 heavy (non-hydrogen) atoms. The first-order valence-corrected chi connectivity index (χ1v) is 8.30. The highest BCUT2D eigenvalue weighted by Gasteiger charge is 2.21. The molecule has 5 nitrogen and oxygen atoms in total. The van der Waals surface area contributed by atoms with Crippen LogP contribution < -0.4 is 9.47 Å². The molecule has 2 aromatic carbocycles. The molecular weight excluding hydrogens is 332 g/mol. The Balaban J connectivity index is 2.27. The number of carbonyl (C=O) groups excluding carboxylic acids is 3. The lowest BCUT2D eigenvalue weighted by Crippen LogP contribution is -2.14. The molecule has 0 atom stereocenters. The Labute approximate surface area is 152 Å².